The number of sulfonamides is 1. The minimum Gasteiger partial charge on any atom is -0.326 e. The molecule has 3 N–H and O–H groups in total. The van der Waals surface area contributed by atoms with Crippen molar-refractivity contribution in [3.8, 4) is 0 Å². The van der Waals surface area contributed by atoms with Crippen molar-refractivity contribution in [2.24, 2.45) is 0 Å². The summed E-state index contributed by atoms with van der Waals surface area (Å²) in [6.45, 7) is 1.20. The predicted molar refractivity (Wildman–Crippen MR) is 97.7 cm³/mol. The van der Waals surface area contributed by atoms with Gasteiger partial charge in [-0.25, -0.2) is 13.1 Å². The number of hydrogen-bond donors (Lipinski definition) is 3. The third kappa shape index (κ3) is 8.03. The molecule has 1 aliphatic rings. The van der Waals surface area contributed by atoms with E-state index in [-0.39, 0.29) is 30.9 Å². The smallest absolute Gasteiger partial charge is 0.225 e. The fourth-order valence-corrected chi connectivity index (χ4v) is 3.48. The highest BCUT2D eigenvalue weighted by molar-refractivity contribution is 7.99. The summed E-state index contributed by atoms with van der Waals surface area (Å²) >= 11 is 1.86. The minimum atomic E-state index is -3.20. The largest absolute Gasteiger partial charge is 0.326 e. The lowest BCUT2D eigenvalue weighted by Gasteiger charge is -2.22. The molecule has 1 saturated heterocycles. The second kappa shape index (κ2) is 9.48. The number of benzene rings is 1. The molecule has 0 radical (unpaired) electrons. The first kappa shape index (κ1) is 20.2. The van der Waals surface area contributed by atoms with Gasteiger partial charge in [0.15, 0.2) is 0 Å². The Morgan fingerprint density at radius 3 is 2.61 bits per heavy atom. The van der Waals surface area contributed by atoms with Gasteiger partial charge in [0, 0.05) is 42.7 Å². The van der Waals surface area contributed by atoms with Crippen molar-refractivity contribution in [2.45, 2.75) is 19.0 Å². The molecule has 2 rings (SSSR count). The van der Waals surface area contributed by atoms with E-state index in [2.05, 4.69) is 15.4 Å². The van der Waals surface area contributed by atoms with Crippen LogP contribution in [-0.2, 0) is 21.4 Å². The van der Waals surface area contributed by atoms with E-state index in [1.54, 1.807) is 24.3 Å². The van der Waals surface area contributed by atoms with Crippen LogP contribution in [0.4, 0.5) is 5.69 Å². The molecule has 0 aromatic heterocycles. The molecule has 6 nitrogen and oxygen atoms in total. The van der Waals surface area contributed by atoms with Crippen molar-refractivity contribution in [1.29, 1.82) is 0 Å². The van der Waals surface area contributed by atoms with Crippen LogP contribution in [0, 0.1) is 0 Å². The Balaban J connectivity index is 0.00000264. The lowest BCUT2D eigenvalue weighted by Crippen LogP contribution is -2.39. The van der Waals surface area contributed by atoms with Crippen LogP contribution >= 0.6 is 24.2 Å². The molecule has 9 heteroatoms. The molecule has 1 unspecified atom stereocenters. The molecule has 0 saturated carbocycles. The van der Waals surface area contributed by atoms with Crippen LogP contribution in [0.3, 0.4) is 0 Å². The number of rotatable bonds is 6. The summed E-state index contributed by atoms with van der Waals surface area (Å²) in [5.74, 6) is 2.05. The lowest BCUT2D eigenvalue weighted by molar-refractivity contribution is -0.116. The van der Waals surface area contributed by atoms with Gasteiger partial charge < -0.3 is 10.6 Å². The van der Waals surface area contributed by atoms with Crippen LogP contribution in [0.1, 0.15) is 12.0 Å². The van der Waals surface area contributed by atoms with Gasteiger partial charge in [-0.1, -0.05) is 12.1 Å². The molecule has 23 heavy (non-hydrogen) atoms. The van der Waals surface area contributed by atoms with Gasteiger partial charge in [0.25, 0.3) is 0 Å². The second-order valence-corrected chi connectivity index (χ2v) is 8.25. The van der Waals surface area contributed by atoms with E-state index in [0.717, 1.165) is 35.6 Å². The van der Waals surface area contributed by atoms with E-state index >= 15 is 0 Å². The summed E-state index contributed by atoms with van der Waals surface area (Å²) in [5, 5.41) is 6.19. The van der Waals surface area contributed by atoms with E-state index in [9.17, 15) is 13.2 Å². The molecular weight excluding hydrogens is 358 g/mol. The highest BCUT2D eigenvalue weighted by Crippen LogP contribution is 2.13. The number of halogens is 1. The number of hydrogen-bond acceptors (Lipinski definition) is 5. The van der Waals surface area contributed by atoms with Crippen molar-refractivity contribution < 1.29 is 13.2 Å². The number of thioether (sulfide) groups is 1. The average Bonchev–Trinajstić information content (AvgIpc) is 2.47. The summed E-state index contributed by atoms with van der Waals surface area (Å²) in [6.07, 6.45) is 1.59. The number of carbonyl (C=O) groups is 1. The number of amides is 1. The van der Waals surface area contributed by atoms with Crippen molar-refractivity contribution in [1.82, 2.24) is 10.0 Å². The highest BCUT2D eigenvalue weighted by Gasteiger charge is 2.16. The molecule has 1 aliphatic heterocycles. The summed E-state index contributed by atoms with van der Waals surface area (Å²) in [6, 6.07) is 7.38. The topological polar surface area (TPSA) is 87.3 Å². The molecule has 1 amide bonds. The summed E-state index contributed by atoms with van der Waals surface area (Å²) in [4.78, 5) is 12.0. The Morgan fingerprint density at radius 1 is 1.35 bits per heavy atom. The molecule has 1 aromatic rings. The normalized spacial score (nSPS) is 18.0. The molecular formula is C14H22ClN3O3S2. The Hall–Kier alpha value is -0.800. The average molecular weight is 380 g/mol. The lowest BCUT2D eigenvalue weighted by atomic mass is 10.2. The Morgan fingerprint density at radius 2 is 2.04 bits per heavy atom. The first-order valence-electron chi connectivity index (χ1n) is 7.07. The van der Waals surface area contributed by atoms with Gasteiger partial charge in [-0.05, 0) is 17.7 Å². The zero-order chi connectivity index (χ0) is 16.0. The van der Waals surface area contributed by atoms with Crippen molar-refractivity contribution >= 4 is 45.8 Å². The van der Waals surface area contributed by atoms with Crippen molar-refractivity contribution in [3.05, 3.63) is 29.8 Å². The van der Waals surface area contributed by atoms with Gasteiger partial charge in [-0.2, -0.15) is 11.8 Å². The number of carbonyl (C=O) groups excluding carboxylic acids is 1. The molecule has 1 atom stereocenters. The molecule has 0 bridgehead atoms. The van der Waals surface area contributed by atoms with Crippen molar-refractivity contribution in [2.75, 3.05) is 29.6 Å². The zero-order valence-corrected chi connectivity index (χ0v) is 15.3. The highest BCUT2D eigenvalue weighted by atomic mass is 35.5. The second-order valence-electron chi connectivity index (χ2n) is 5.27. The molecule has 1 fully saturated rings. The van der Waals surface area contributed by atoms with Gasteiger partial charge in [-0.3, -0.25) is 4.79 Å². The Kier molecular flexibility index (Phi) is 8.35. The van der Waals surface area contributed by atoms with Crippen LogP contribution in [0.2, 0.25) is 0 Å². The number of anilines is 1. The van der Waals surface area contributed by atoms with Gasteiger partial charge >= 0.3 is 0 Å². The van der Waals surface area contributed by atoms with Crippen LogP contribution in [0.25, 0.3) is 0 Å². The first-order valence-corrected chi connectivity index (χ1v) is 10.1. The van der Waals surface area contributed by atoms with Gasteiger partial charge in [-0.15, -0.1) is 12.4 Å². The van der Waals surface area contributed by atoms with Crippen LogP contribution in [0.15, 0.2) is 24.3 Å². The van der Waals surface area contributed by atoms with Gasteiger partial charge in [0.05, 0.1) is 6.26 Å². The number of nitrogens with one attached hydrogen (secondary N) is 3. The Labute approximate surface area is 147 Å². The standard InChI is InChI=1S/C14H21N3O3S2.ClH/c1-22(19,20)16-9-11-2-4-12(5-3-11)17-14(18)8-13-10-21-7-6-15-13;/h2-5,13,15-16H,6-10H2,1H3,(H,17,18);1H. The van der Waals surface area contributed by atoms with E-state index < -0.39 is 10.0 Å². The van der Waals surface area contributed by atoms with E-state index in [4.69, 9.17) is 0 Å². The van der Waals surface area contributed by atoms with Crippen LogP contribution in [0.5, 0.6) is 0 Å². The minimum absolute atomic E-state index is 0. The fraction of sp³-hybridized carbons (Fsp3) is 0.500. The summed E-state index contributed by atoms with van der Waals surface area (Å²) in [5.41, 5.74) is 1.56. The zero-order valence-electron chi connectivity index (χ0n) is 12.9. The van der Waals surface area contributed by atoms with Gasteiger partial charge in [0.2, 0.25) is 15.9 Å². The molecule has 0 spiro atoms. The monoisotopic (exact) mass is 379 g/mol. The maximum atomic E-state index is 12.0. The maximum Gasteiger partial charge on any atom is 0.225 e. The van der Waals surface area contributed by atoms with E-state index in [1.165, 1.54) is 0 Å². The third-order valence-electron chi connectivity index (χ3n) is 3.21. The summed E-state index contributed by atoms with van der Waals surface area (Å²) in [7, 11) is -3.20. The fourth-order valence-electron chi connectivity index (χ4n) is 2.11. The quantitative estimate of drug-likeness (QED) is 0.691. The molecule has 1 heterocycles. The maximum absolute atomic E-state index is 12.0. The van der Waals surface area contributed by atoms with Crippen LogP contribution in [-0.4, -0.2) is 44.7 Å². The molecule has 130 valence electrons. The third-order valence-corrected chi connectivity index (χ3v) is 5.01. The van der Waals surface area contributed by atoms with Crippen molar-refractivity contribution in [3.63, 3.8) is 0 Å². The van der Waals surface area contributed by atoms with Crippen LogP contribution < -0.4 is 15.4 Å². The first-order chi connectivity index (χ1) is 10.4. The SMILES string of the molecule is CS(=O)(=O)NCc1ccc(NC(=O)CC2CSCCN2)cc1.Cl. The Bertz CT molecular complexity index is 602. The molecule has 1 aromatic carbocycles. The predicted octanol–water partition coefficient (Wildman–Crippen LogP) is 1.19. The van der Waals surface area contributed by atoms with E-state index in [0.29, 0.717) is 6.42 Å². The molecule has 0 aliphatic carbocycles. The van der Waals surface area contributed by atoms with E-state index in [1.807, 2.05) is 11.8 Å². The summed E-state index contributed by atoms with van der Waals surface area (Å²) < 4.78 is 24.5. The van der Waals surface area contributed by atoms with Gasteiger partial charge in [0.1, 0.15) is 0 Å².